The Kier molecular flexibility index (Phi) is 6.20. The normalized spacial score (nSPS) is 18.1. The van der Waals surface area contributed by atoms with Gasteiger partial charge in [0.2, 0.25) is 5.91 Å². The van der Waals surface area contributed by atoms with E-state index in [4.69, 9.17) is 0 Å². The first-order chi connectivity index (χ1) is 11.0. The maximum atomic E-state index is 12.6. The molecule has 0 aliphatic carbocycles. The molecular weight excluding hydrogens is 288 g/mol. The molecule has 0 bridgehead atoms. The average Bonchev–Trinajstić information content (AvgIpc) is 2.55. The monoisotopic (exact) mass is 316 g/mol. The van der Waals surface area contributed by atoms with Crippen LogP contribution in [0.1, 0.15) is 56.8 Å². The SMILES string of the molecule is CCC(CC)C(=O)Nc1cccc(C(=O)N2CCC[C@H](C)C2)c1. The molecule has 4 heteroatoms. The van der Waals surface area contributed by atoms with Crippen LogP contribution in [0.25, 0.3) is 0 Å². The zero-order valence-corrected chi connectivity index (χ0v) is 14.5. The summed E-state index contributed by atoms with van der Waals surface area (Å²) in [6.45, 7) is 7.87. The standard InChI is InChI=1S/C19H28N2O2/c1-4-15(5-2)18(22)20-17-10-6-9-16(12-17)19(23)21-11-7-8-14(3)13-21/h6,9-10,12,14-15H,4-5,7-8,11,13H2,1-3H3,(H,20,22)/t14-/m0/s1. The number of hydrogen-bond acceptors (Lipinski definition) is 2. The molecule has 0 spiro atoms. The molecule has 1 aromatic rings. The number of likely N-dealkylation sites (tertiary alicyclic amines) is 1. The number of piperidine rings is 1. The minimum absolute atomic E-state index is 0.0253. The highest BCUT2D eigenvalue weighted by Gasteiger charge is 2.22. The molecule has 1 fully saturated rings. The number of benzene rings is 1. The van der Waals surface area contributed by atoms with Gasteiger partial charge in [-0.2, -0.15) is 0 Å². The van der Waals surface area contributed by atoms with Crippen LogP contribution >= 0.6 is 0 Å². The second-order valence-electron chi connectivity index (χ2n) is 6.58. The van der Waals surface area contributed by atoms with Crippen LogP contribution in [-0.4, -0.2) is 29.8 Å². The van der Waals surface area contributed by atoms with Crippen LogP contribution < -0.4 is 5.32 Å². The highest BCUT2D eigenvalue weighted by molar-refractivity contribution is 5.97. The summed E-state index contributed by atoms with van der Waals surface area (Å²) in [5, 5.41) is 2.94. The summed E-state index contributed by atoms with van der Waals surface area (Å²) in [6, 6.07) is 7.30. The van der Waals surface area contributed by atoms with Gasteiger partial charge in [0.05, 0.1) is 0 Å². The van der Waals surface area contributed by atoms with Gasteiger partial charge in [-0.25, -0.2) is 0 Å². The number of amides is 2. The van der Waals surface area contributed by atoms with Crippen LogP contribution in [0.15, 0.2) is 24.3 Å². The van der Waals surface area contributed by atoms with Crippen molar-refractivity contribution in [2.24, 2.45) is 11.8 Å². The molecule has 0 unspecified atom stereocenters. The lowest BCUT2D eigenvalue weighted by Gasteiger charge is -2.31. The molecule has 1 aliphatic rings. The van der Waals surface area contributed by atoms with E-state index >= 15 is 0 Å². The van der Waals surface area contributed by atoms with E-state index in [1.54, 1.807) is 6.07 Å². The third-order valence-corrected chi connectivity index (χ3v) is 4.68. The highest BCUT2D eigenvalue weighted by Crippen LogP contribution is 2.20. The predicted octanol–water partition coefficient (Wildman–Crippen LogP) is 3.93. The summed E-state index contributed by atoms with van der Waals surface area (Å²) in [4.78, 5) is 26.8. The van der Waals surface area contributed by atoms with Gasteiger partial charge in [-0.15, -0.1) is 0 Å². The van der Waals surface area contributed by atoms with Crippen molar-refractivity contribution in [1.29, 1.82) is 0 Å². The van der Waals surface area contributed by atoms with Gasteiger partial charge in [0, 0.05) is 30.3 Å². The summed E-state index contributed by atoms with van der Waals surface area (Å²) >= 11 is 0. The van der Waals surface area contributed by atoms with Gasteiger partial charge >= 0.3 is 0 Å². The fourth-order valence-corrected chi connectivity index (χ4v) is 3.19. The van der Waals surface area contributed by atoms with Crippen molar-refractivity contribution in [3.05, 3.63) is 29.8 Å². The molecule has 1 saturated heterocycles. The summed E-state index contributed by atoms with van der Waals surface area (Å²) in [7, 11) is 0. The Bertz CT molecular complexity index is 552. The number of carbonyl (C=O) groups excluding carboxylic acids is 2. The van der Waals surface area contributed by atoms with Crippen LogP contribution in [0.3, 0.4) is 0 Å². The van der Waals surface area contributed by atoms with Crippen molar-refractivity contribution < 1.29 is 9.59 Å². The van der Waals surface area contributed by atoms with Crippen molar-refractivity contribution in [3.8, 4) is 0 Å². The van der Waals surface area contributed by atoms with Gasteiger partial charge in [-0.3, -0.25) is 9.59 Å². The molecule has 1 atom stereocenters. The predicted molar refractivity (Wildman–Crippen MR) is 93.4 cm³/mol. The van der Waals surface area contributed by atoms with E-state index < -0.39 is 0 Å². The molecule has 126 valence electrons. The minimum atomic E-state index is 0.0253. The maximum Gasteiger partial charge on any atom is 0.253 e. The number of nitrogens with one attached hydrogen (secondary N) is 1. The summed E-state index contributed by atoms with van der Waals surface area (Å²) in [6.07, 6.45) is 3.91. The molecule has 0 saturated carbocycles. The summed E-state index contributed by atoms with van der Waals surface area (Å²) in [5.74, 6) is 0.684. The zero-order chi connectivity index (χ0) is 16.8. The van der Waals surface area contributed by atoms with Gasteiger partial charge in [0.15, 0.2) is 0 Å². The van der Waals surface area contributed by atoms with E-state index in [1.807, 2.05) is 36.9 Å². The van der Waals surface area contributed by atoms with Crippen molar-refractivity contribution in [2.45, 2.75) is 46.5 Å². The molecule has 2 rings (SSSR count). The Labute approximate surface area is 139 Å². The molecule has 0 aromatic heterocycles. The number of hydrogen-bond donors (Lipinski definition) is 1. The van der Waals surface area contributed by atoms with E-state index in [9.17, 15) is 9.59 Å². The third-order valence-electron chi connectivity index (χ3n) is 4.68. The van der Waals surface area contributed by atoms with Crippen LogP contribution in [0.5, 0.6) is 0 Å². The molecule has 1 heterocycles. The Hall–Kier alpha value is -1.84. The molecule has 4 nitrogen and oxygen atoms in total. The summed E-state index contributed by atoms with van der Waals surface area (Å²) < 4.78 is 0. The first-order valence-electron chi connectivity index (χ1n) is 8.75. The second-order valence-corrected chi connectivity index (χ2v) is 6.58. The lowest BCUT2D eigenvalue weighted by Crippen LogP contribution is -2.39. The molecule has 2 amide bonds. The van der Waals surface area contributed by atoms with E-state index in [0.29, 0.717) is 17.2 Å². The largest absolute Gasteiger partial charge is 0.338 e. The second kappa shape index (κ2) is 8.14. The maximum absolute atomic E-state index is 12.6. The van der Waals surface area contributed by atoms with Crippen LogP contribution in [-0.2, 0) is 4.79 Å². The molecule has 1 aliphatic heterocycles. The fraction of sp³-hybridized carbons (Fsp3) is 0.579. The van der Waals surface area contributed by atoms with Crippen LogP contribution in [0.2, 0.25) is 0 Å². The minimum Gasteiger partial charge on any atom is -0.338 e. The van der Waals surface area contributed by atoms with Gasteiger partial charge in [0.25, 0.3) is 5.91 Å². The number of nitrogens with zero attached hydrogens (tertiary/aromatic N) is 1. The van der Waals surface area contributed by atoms with Gasteiger partial charge in [-0.05, 0) is 49.8 Å². The van der Waals surface area contributed by atoms with Gasteiger partial charge in [-0.1, -0.05) is 26.8 Å². The topological polar surface area (TPSA) is 49.4 Å². The van der Waals surface area contributed by atoms with Crippen molar-refractivity contribution in [2.75, 3.05) is 18.4 Å². The molecule has 0 radical (unpaired) electrons. The molecule has 1 N–H and O–H groups in total. The van der Waals surface area contributed by atoms with Crippen LogP contribution in [0, 0.1) is 11.8 Å². The number of rotatable bonds is 5. The quantitative estimate of drug-likeness (QED) is 0.894. The number of carbonyl (C=O) groups is 2. The Morgan fingerprint density at radius 1 is 1.30 bits per heavy atom. The first kappa shape index (κ1) is 17.5. The Morgan fingerprint density at radius 3 is 2.70 bits per heavy atom. The van der Waals surface area contributed by atoms with E-state index in [1.165, 1.54) is 6.42 Å². The first-order valence-corrected chi connectivity index (χ1v) is 8.75. The van der Waals surface area contributed by atoms with Crippen molar-refractivity contribution in [3.63, 3.8) is 0 Å². The summed E-state index contributed by atoms with van der Waals surface area (Å²) in [5.41, 5.74) is 1.36. The average molecular weight is 316 g/mol. The zero-order valence-electron chi connectivity index (χ0n) is 14.5. The smallest absolute Gasteiger partial charge is 0.253 e. The fourth-order valence-electron chi connectivity index (χ4n) is 3.19. The van der Waals surface area contributed by atoms with Crippen molar-refractivity contribution >= 4 is 17.5 Å². The molecule has 23 heavy (non-hydrogen) atoms. The van der Waals surface area contributed by atoms with Gasteiger partial charge in [0.1, 0.15) is 0 Å². The Balaban J connectivity index is 2.07. The van der Waals surface area contributed by atoms with Crippen LogP contribution in [0.4, 0.5) is 5.69 Å². The Morgan fingerprint density at radius 2 is 2.04 bits per heavy atom. The van der Waals surface area contributed by atoms with Crippen molar-refractivity contribution in [1.82, 2.24) is 4.90 Å². The van der Waals surface area contributed by atoms with E-state index in [-0.39, 0.29) is 17.7 Å². The lowest BCUT2D eigenvalue weighted by molar-refractivity contribution is -0.120. The third kappa shape index (κ3) is 4.57. The van der Waals surface area contributed by atoms with E-state index in [2.05, 4.69) is 12.2 Å². The number of anilines is 1. The lowest BCUT2D eigenvalue weighted by atomic mass is 9.99. The van der Waals surface area contributed by atoms with Gasteiger partial charge < -0.3 is 10.2 Å². The molecular formula is C19H28N2O2. The highest BCUT2D eigenvalue weighted by atomic mass is 16.2. The van der Waals surface area contributed by atoms with E-state index in [0.717, 1.165) is 32.4 Å². The molecule has 1 aromatic carbocycles.